The van der Waals surface area contributed by atoms with Crippen molar-refractivity contribution in [1.29, 1.82) is 0 Å². The van der Waals surface area contributed by atoms with E-state index in [0.29, 0.717) is 12.0 Å². The van der Waals surface area contributed by atoms with Gasteiger partial charge in [-0.2, -0.15) is 0 Å². The van der Waals surface area contributed by atoms with Crippen LogP contribution in [-0.4, -0.2) is 6.54 Å². The number of nitrogens with one attached hydrogen (secondary N) is 1. The summed E-state index contributed by atoms with van der Waals surface area (Å²) in [4.78, 5) is 0. The average molecular weight is 285 g/mol. The minimum absolute atomic E-state index is 0.176. The van der Waals surface area contributed by atoms with Gasteiger partial charge < -0.3 is 5.32 Å². The number of rotatable bonds is 6. The molecule has 112 valence electrons. The molecule has 2 rings (SSSR count). The molecule has 1 unspecified atom stereocenters. The number of halogens is 1. The molecular weight excluding hydrogens is 261 g/mol. The Hall–Kier alpha value is -1.67. The minimum atomic E-state index is -0.176. The summed E-state index contributed by atoms with van der Waals surface area (Å²) in [6.07, 6.45) is 0.911. The van der Waals surface area contributed by atoms with Gasteiger partial charge in [0.05, 0.1) is 0 Å². The fourth-order valence-electron chi connectivity index (χ4n) is 2.37. The molecule has 21 heavy (non-hydrogen) atoms. The Labute approximate surface area is 127 Å². The van der Waals surface area contributed by atoms with Gasteiger partial charge in [0, 0.05) is 6.04 Å². The second kappa shape index (κ2) is 7.37. The molecule has 0 bridgehead atoms. The van der Waals surface area contributed by atoms with Crippen LogP contribution in [0.5, 0.6) is 0 Å². The van der Waals surface area contributed by atoms with Gasteiger partial charge in [0.15, 0.2) is 0 Å². The van der Waals surface area contributed by atoms with E-state index in [-0.39, 0.29) is 5.82 Å². The molecule has 1 N–H and O–H groups in total. The predicted molar refractivity (Wildman–Crippen MR) is 87.1 cm³/mol. The van der Waals surface area contributed by atoms with E-state index in [2.05, 4.69) is 50.4 Å². The highest BCUT2D eigenvalue weighted by Gasteiger charge is 2.05. The van der Waals surface area contributed by atoms with Crippen molar-refractivity contribution < 1.29 is 4.39 Å². The van der Waals surface area contributed by atoms with Crippen LogP contribution in [0.15, 0.2) is 48.5 Å². The molecule has 1 nitrogen and oxygen atoms in total. The minimum Gasteiger partial charge on any atom is -0.310 e. The first-order valence-electron chi connectivity index (χ1n) is 7.64. The maximum atomic E-state index is 12.8. The van der Waals surface area contributed by atoms with Crippen LogP contribution in [0.4, 0.5) is 4.39 Å². The van der Waals surface area contributed by atoms with Crippen LogP contribution < -0.4 is 5.32 Å². The monoisotopic (exact) mass is 285 g/mol. The summed E-state index contributed by atoms with van der Waals surface area (Å²) in [5, 5.41) is 3.52. The van der Waals surface area contributed by atoms with Crippen LogP contribution >= 0.6 is 0 Å². The molecule has 0 spiro atoms. The van der Waals surface area contributed by atoms with Crippen molar-refractivity contribution in [3.05, 3.63) is 71.0 Å². The van der Waals surface area contributed by atoms with E-state index in [9.17, 15) is 4.39 Å². The molecule has 2 heteroatoms. The van der Waals surface area contributed by atoms with Crippen molar-refractivity contribution in [2.75, 3.05) is 6.54 Å². The van der Waals surface area contributed by atoms with Crippen molar-refractivity contribution in [2.45, 2.75) is 39.2 Å². The molecule has 0 aliphatic heterocycles. The number of hydrogen-bond donors (Lipinski definition) is 1. The summed E-state index contributed by atoms with van der Waals surface area (Å²) in [6.45, 7) is 7.48. The van der Waals surface area contributed by atoms with E-state index in [1.54, 1.807) is 0 Å². The second-order valence-corrected chi connectivity index (χ2v) is 5.87. The Morgan fingerprint density at radius 1 is 0.857 bits per heavy atom. The molecule has 0 aromatic heterocycles. The van der Waals surface area contributed by atoms with Gasteiger partial charge in [-0.05, 0) is 54.6 Å². The molecule has 0 radical (unpaired) electrons. The standard InChI is InChI=1S/C19H24FN/c1-14(2)17-6-8-18(9-7-17)15(3)21-13-12-16-4-10-19(20)11-5-16/h4-11,14-15,21H,12-13H2,1-3H3. The molecule has 0 aliphatic carbocycles. The summed E-state index contributed by atoms with van der Waals surface area (Å²) in [5.74, 6) is 0.395. The van der Waals surface area contributed by atoms with E-state index < -0.39 is 0 Å². The maximum Gasteiger partial charge on any atom is 0.123 e. The number of hydrogen-bond acceptors (Lipinski definition) is 1. The Bertz CT molecular complexity index is 543. The van der Waals surface area contributed by atoms with Gasteiger partial charge in [0.1, 0.15) is 5.82 Å². The lowest BCUT2D eigenvalue weighted by molar-refractivity contribution is 0.575. The zero-order chi connectivity index (χ0) is 15.2. The SMILES string of the molecule is CC(C)c1ccc(C(C)NCCc2ccc(F)cc2)cc1. The largest absolute Gasteiger partial charge is 0.310 e. The van der Waals surface area contributed by atoms with E-state index in [1.807, 2.05) is 12.1 Å². The molecule has 0 saturated carbocycles. The van der Waals surface area contributed by atoms with Gasteiger partial charge >= 0.3 is 0 Å². The quantitative estimate of drug-likeness (QED) is 0.800. The second-order valence-electron chi connectivity index (χ2n) is 5.87. The fourth-order valence-corrected chi connectivity index (χ4v) is 2.37. The van der Waals surface area contributed by atoms with Crippen LogP contribution in [0.25, 0.3) is 0 Å². The lowest BCUT2D eigenvalue weighted by atomic mass is 9.99. The van der Waals surface area contributed by atoms with Gasteiger partial charge in [-0.15, -0.1) is 0 Å². The van der Waals surface area contributed by atoms with Crippen LogP contribution in [0, 0.1) is 5.82 Å². The van der Waals surface area contributed by atoms with Crippen LogP contribution in [0.2, 0.25) is 0 Å². The highest BCUT2D eigenvalue weighted by atomic mass is 19.1. The van der Waals surface area contributed by atoms with E-state index >= 15 is 0 Å². The molecule has 0 heterocycles. The van der Waals surface area contributed by atoms with Gasteiger partial charge in [-0.25, -0.2) is 4.39 Å². The highest BCUT2D eigenvalue weighted by molar-refractivity contribution is 5.26. The maximum absolute atomic E-state index is 12.8. The smallest absolute Gasteiger partial charge is 0.123 e. The molecule has 2 aromatic rings. The molecule has 2 aromatic carbocycles. The molecule has 0 fully saturated rings. The van der Waals surface area contributed by atoms with E-state index in [4.69, 9.17) is 0 Å². The molecule has 0 amide bonds. The number of benzene rings is 2. The van der Waals surface area contributed by atoms with Crippen LogP contribution in [0.3, 0.4) is 0 Å². The lowest BCUT2D eigenvalue weighted by Crippen LogP contribution is -2.21. The van der Waals surface area contributed by atoms with Crippen molar-refractivity contribution in [2.24, 2.45) is 0 Å². The summed E-state index contributed by atoms with van der Waals surface area (Å²) in [5.41, 5.74) is 3.84. The molecular formula is C19H24FN. The van der Waals surface area contributed by atoms with Crippen molar-refractivity contribution >= 4 is 0 Å². The molecule has 0 aliphatic rings. The van der Waals surface area contributed by atoms with Crippen molar-refractivity contribution in [1.82, 2.24) is 5.32 Å². The summed E-state index contributed by atoms with van der Waals surface area (Å²) in [7, 11) is 0. The lowest BCUT2D eigenvalue weighted by Gasteiger charge is -2.15. The normalized spacial score (nSPS) is 12.6. The zero-order valence-corrected chi connectivity index (χ0v) is 13.1. The highest BCUT2D eigenvalue weighted by Crippen LogP contribution is 2.18. The first-order chi connectivity index (χ1) is 10.1. The van der Waals surface area contributed by atoms with Gasteiger partial charge in [0.2, 0.25) is 0 Å². The zero-order valence-electron chi connectivity index (χ0n) is 13.1. The molecule has 0 saturated heterocycles. The predicted octanol–water partition coefficient (Wildman–Crippen LogP) is 4.84. The van der Waals surface area contributed by atoms with Crippen LogP contribution in [0.1, 0.15) is 49.4 Å². The Balaban J connectivity index is 1.83. The van der Waals surface area contributed by atoms with E-state index in [0.717, 1.165) is 18.5 Å². The third-order valence-corrected chi connectivity index (χ3v) is 3.88. The summed E-state index contributed by atoms with van der Waals surface area (Å²) >= 11 is 0. The average Bonchev–Trinajstić information content (AvgIpc) is 2.49. The topological polar surface area (TPSA) is 12.0 Å². The Kier molecular flexibility index (Phi) is 5.51. The van der Waals surface area contributed by atoms with Crippen molar-refractivity contribution in [3.8, 4) is 0 Å². The fraction of sp³-hybridized carbons (Fsp3) is 0.368. The Morgan fingerprint density at radius 3 is 2.00 bits per heavy atom. The summed E-state index contributed by atoms with van der Waals surface area (Å²) in [6, 6.07) is 15.9. The van der Waals surface area contributed by atoms with Gasteiger partial charge in [-0.1, -0.05) is 50.2 Å². The van der Waals surface area contributed by atoms with Gasteiger partial charge in [-0.3, -0.25) is 0 Å². The van der Waals surface area contributed by atoms with Crippen molar-refractivity contribution in [3.63, 3.8) is 0 Å². The first kappa shape index (κ1) is 15.7. The summed E-state index contributed by atoms with van der Waals surface area (Å²) < 4.78 is 12.8. The third-order valence-electron chi connectivity index (χ3n) is 3.88. The molecule has 1 atom stereocenters. The van der Waals surface area contributed by atoms with Crippen LogP contribution in [-0.2, 0) is 6.42 Å². The van der Waals surface area contributed by atoms with Gasteiger partial charge in [0.25, 0.3) is 0 Å². The van der Waals surface area contributed by atoms with E-state index in [1.165, 1.54) is 23.3 Å². The Morgan fingerprint density at radius 2 is 1.43 bits per heavy atom. The third kappa shape index (κ3) is 4.68. The first-order valence-corrected chi connectivity index (χ1v) is 7.64.